The summed E-state index contributed by atoms with van der Waals surface area (Å²) in [4.78, 5) is 46.7. The van der Waals surface area contributed by atoms with Gasteiger partial charge >= 0.3 is 5.97 Å². The van der Waals surface area contributed by atoms with Crippen LogP contribution in [0.1, 0.15) is 60.3 Å². The molecule has 146 valence electrons. The minimum Gasteiger partial charge on any atom is -0.274 e. The summed E-state index contributed by atoms with van der Waals surface area (Å²) < 4.78 is 0. The van der Waals surface area contributed by atoms with Crippen molar-refractivity contribution in [3.05, 3.63) is 11.1 Å². The third-order valence-corrected chi connectivity index (χ3v) is 5.49. The third kappa shape index (κ3) is 4.71. The average Bonchev–Trinajstić information content (AvgIpc) is 2.76. The SMILES string of the molecule is CC1=C(C)C(=O)N(CCC(=O)OOOC2CC(C)CCC2C(C)C)C1=O. The number of carbonyl (C=O) groups excluding carboxylic acids is 3. The van der Waals surface area contributed by atoms with Crippen molar-refractivity contribution >= 4 is 17.8 Å². The zero-order valence-corrected chi connectivity index (χ0v) is 16.2. The largest absolute Gasteiger partial charge is 0.347 e. The van der Waals surface area contributed by atoms with E-state index in [1.54, 1.807) is 13.8 Å². The fourth-order valence-corrected chi connectivity index (χ4v) is 3.60. The topological polar surface area (TPSA) is 82.1 Å². The fourth-order valence-electron chi connectivity index (χ4n) is 3.60. The summed E-state index contributed by atoms with van der Waals surface area (Å²) in [5.74, 6) is -0.0557. The molecular weight excluding hydrogens is 338 g/mol. The van der Waals surface area contributed by atoms with Gasteiger partial charge in [-0.15, -0.1) is 0 Å². The summed E-state index contributed by atoms with van der Waals surface area (Å²) in [7, 11) is 0. The highest BCUT2D eigenvalue weighted by atomic mass is 17.5. The van der Waals surface area contributed by atoms with Crippen molar-refractivity contribution in [2.24, 2.45) is 17.8 Å². The smallest absolute Gasteiger partial charge is 0.274 e. The van der Waals surface area contributed by atoms with Gasteiger partial charge in [-0.2, -0.15) is 4.89 Å². The first-order chi connectivity index (χ1) is 12.2. The van der Waals surface area contributed by atoms with Crippen molar-refractivity contribution in [2.45, 2.75) is 66.4 Å². The Morgan fingerprint density at radius 1 is 1.15 bits per heavy atom. The molecule has 0 spiro atoms. The molecule has 0 aromatic heterocycles. The molecule has 0 radical (unpaired) electrons. The van der Waals surface area contributed by atoms with Crippen LogP contribution in [0.2, 0.25) is 0 Å². The van der Waals surface area contributed by atoms with Crippen LogP contribution < -0.4 is 0 Å². The molecule has 0 aromatic carbocycles. The molecule has 7 heteroatoms. The van der Waals surface area contributed by atoms with E-state index in [0.29, 0.717) is 28.9 Å². The van der Waals surface area contributed by atoms with Gasteiger partial charge in [-0.1, -0.05) is 27.2 Å². The summed E-state index contributed by atoms with van der Waals surface area (Å²) >= 11 is 0. The Morgan fingerprint density at radius 2 is 1.77 bits per heavy atom. The maximum absolute atomic E-state index is 11.9. The molecule has 7 nitrogen and oxygen atoms in total. The van der Waals surface area contributed by atoms with Crippen LogP contribution in [-0.2, 0) is 29.2 Å². The summed E-state index contributed by atoms with van der Waals surface area (Å²) in [6.07, 6.45) is 2.83. The highest BCUT2D eigenvalue weighted by Crippen LogP contribution is 2.35. The Bertz CT molecular complexity index is 573. The van der Waals surface area contributed by atoms with E-state index in [1.165, 1.54) is 0 Å². The van der Waals surface area contributed by atoms with E-state index >= 15 is 0 Å². The Morgan fingerprint density at radius 3 is 2.35 bits per heavy atom. The van der Waals surface area contributed by atoms with Crippen molar-refractivity contribution in [3.63, 3.8) is 0 Å². The lowest BCUT2D eigenvalue weighted by molar-refractivity contribution is -0.508. The van der Waals surface area contributed by atoms with E-state index in [0.717, 1.165) is 24.2 Å². The Balaban J connectivity index is 1.74. The van der Waals surface area contributed by atoms with E-state index in [9.17, 15) is 14.4 Å². The molecule has 3 unspecified atom stereocenters. The van der Waals surface area contributed by atoms with Gasteiger partial charge in [0.05, 0.1) is 6.42 Å². The molecule has 1 heterocycles. The molecule has 2 rings (SSSR count). The van der Waals surface area contributed by atoms with Crippen molar-refractivity contribution in [2.75, 3.05) is 6.54 Å². The van der Waals surface area contributed by atoms with Crippen LogP contribution in [0.3, 0.4) is 0 Å². The van der Waals surface area contributed by atoms with Gasteiger partial charge in [0, 0.05) is 17.7 Å². The Hall–Kier alpha value is -1.73. The quantitative estimate of drug-likeness (QED) is 0.391. The molecule has 26 heavy (non-hydrogen) atoms. The zero-order valence-electron chi connectivity index (χ0n) is 16.2. The molecule has 0 bridgehead atoms. The summed E-state index contributed by atoms with van der Waals surface area (Å²) in [5, 5.41) is 4.73. The number of nitrogens with zero attached hydrogens (tertiary/aromatic N) is 1. The minimum absolute atomic E-state index is 0.0381. The van der Waals surface area contributed by atoms with Gasteiger partial charge in [0.1, 0.15) is 6.10 Å². The standard InChI is InChI=1S/C19H29NO6/c1-11(2)15-7-6-12(3)10-16(15)24-26-25-17(21)8-9-20-18(22)13(4)14(5)19(20)23/h11-12,15-16H,6-10H2,1-5H3. The number of hydrogen-bond acceptors (Lipinski definition) is 6. The molecule has 1 aliphatic heterocycles. The molecule has 0 aromatic rings. The minimum atomic E-state index is -0.683. The van der Waals surface area contributed by atoms with E-state index < -0.39 is 5.97 Å². The first-order valence-corrected chi connectivity index (χ1v) is 9.28. The summed E-state index contributed by atoms with van der Waals surface area (Å²) in [5.41, 5.74) is 0.822. The summed E-state index contributed by atoms with van der Waals surface area (Å²) in [6, 6.07) is 0. The molecule has 1 saturated carbocycles. The van der Waals surface area contributed by atoms with Crippen LogP contribution >= 0.6 is 0 Å². The first-order valence-electron chi connectivity index (χ1n) is 9.28. The average molecular weight is 367 g/mol. The second-order valence-electron chi connectivity index (χ2n) is 7.75. The van der Waals surface area contributed by atoms with Gasteiger partial charge in [-0.05, 0) is 49.5 Å². The number of hydrogen-bond donors (Lipinski definition) is 0. The monoisotopic (exact) mass is 367 g/mol. The lowest BCUT2D eigenvalue weighted by Gasteiger charge is -2.35. The fraction of sp³-hybridized carbons (Fsp3) is 0.737. The van der Waals surface area contributed by atoms with E-state index in [4.69, 9.17) is 9.93 Å². The predicted molar refractivity (Wildman–Crippen MR) is 93.1 cm³/mol. The van der Waals surface area contributed by atoms with Crippen LogP contribution in [0.15, 0.2) is 11.1 Å². The second kappa shape index (κ2) is 8.77. The highest BCUT2D eigenvalue weighted by molar-refractivity contribution is 6.18. The van der Waals surface area contributed by atoms with Crippen LogP contribution in [0.25, 0.3) is 0 Å². The number of rotatable bonds is 7. The van der Waals surface area contributed by atoms with E-state index in [-0.39, 0.29) is 30.9 Å². The Kier molecular flexibility index (Phi) is 6.94. The molecule has 3 atom stereocenters. The van der Waals surface area contributed by atoms with Crippen molar-refractivity contribution in [1.82, 2.24) is 4.90 Å². The van der Waals surface area contributed by atoms with Crippen LogP contribution in [0.4, 0.5) is 0 Å². The van der Waals surface area contributed by atoms with Gasteiger partial charge in [0.25, 0.3) is 11.8 Å². The van der Waals surface area contributed by atoms with Crippen LogP contribution in [-0.4, -0.2) is 35.3 Å². The second-order valence-corrected chi connectivity index (χ2v) is 7.75. The molecule has 0 N–H and O–H groups in total. The number of imide groups is 1. The zero-order chi connectivity index (χ0) is 19.4. The Labute approximate surface area is 154 Å². The van der Waals surface area contributed by atoms with Gasteiger partial charge in [-0.3, -0.25) is 19.4 Å². The van der Waals surface area contributed by atoms with Gasteiger partial charge in [0.2, 0.25) is 0 Å². The number of amides is 2. The molecule has 1 fully saturated rings. The number of carbonyl (C=O) groups is 3. The van der Waals surface area contributed by atoms with E-state index in [2.05, 4.69) is 25.7 Å². The predicted octanol–water partition coefficient (Wildman–Crippen LogP) is 2.95. The lowest BCUT2D eigenvalue weighted by Crippen LogP contribution is -2.35. The highest BCUT2D eigenvalue weighted by Gasteiger charge is 2.34. The molecular formula is C19H29NO6. The molecule has 0 saturated heterocycles. The first kappa shape index (κ1) is 20.6. The summed E-state index contributed by atoms with van der Waals surface area (Å²) in [6.45, 7) is 9.61. The van der Waals surface area contributed by atoms with Crippen molar-refractivity contribution in [3.8, 4) is 0 Å². The third-order valence-electron chi connectivity index (χ3n) is 5.49. The van der Waals surface area contributed by atoms with Gasteiger partial charge < -0.3 is 0 Å². The van der Waals surface area contributed by atoms with E-state index in [1.807, 2.05) is 0 Å². The molecule has 2 amide bonds. The normalized spacial score (nSPS) is 26.8. The van der Waals surface area contributed by atoms with Crippen LogP contribution in [0.5, 0.6) is 0 Å². The lowest BCUT2D eigenvalue weighted by atomic mass is 9.75. The molecule has 1 aliphatic carbocycles. The van der Waals surface area contributed by atoms with Crippen molar-refractivity contribution < 1.29 is 29.2 Å². The van der Waals surface area contributed by atoms with Gasteiger partial charge in [-0.25, -0.2) is 4.79 Å². The van der Waals surface area contributed by atoms with Gasteiger partial charge in [0.15, 0.2) is 0 Å². The maximum Gasteiger partial charge on any atom is 0.347 e. The molecule has 2 aliphatic rings. The maximum atomic E-state index is 11.9. The van der Waals surface area contributed by atoms with Crippen LogP contribution in [0, 0.1) is 17.8 Å². The van der Waals surface area contributed by atoms with Crippen molar-refractivity contribution in [1.29, 1.82) is 0 Å².